The number of hydrogen-bond donors (Lipinski definition) is 0. The van der Waals surface area contributed by atoms with Gasteiger partial charge in [0.15, 0.2) is 0 Å². The normalized spacial score (nSPS) is 10.9. The van der Waals surface area contributed by atoms with E-state index in [1.54, 1.807) is 0 Å². The van der Waals surface area contributed by atoms with Crippen molar-refractivity contribution >= 4 is 11.7 Å². The molecule has 1 rings (SSSR count). The van der Waals surface area contributed by atoms with Crippen LogP contribution >= 0.6 is 0 Å². The number of allylic oxidation sites excluding steroid dienone is 2. The van der Waals surface area contributed by atoms with Crippen LogP contribution in [-0.4, -0.2) is 10.9 Å². The van der Waals surface area contributed by atoms with Gasteiger partial charge in [-0.2, -0.15) is 0 Å². The smallest absolute Gasteiger partial charge is 0.311 e. The van der Waals surface area contributed by atoms with E-state index in [0.29, 0.717) is 12.2 Å². The lowest BCUT2D eigenvalue weighted by Crippen LogP contribution is -2.07. The zero-order chi connectivity index (χ0) is 18.3. The number of hydrogen-bond acceptors (Lipinski definition) is 4. The van der Waals surface area contributed by atoms with Crippen LogP contribution in [0.25, 0.3) is 0 Å². The molecule has 0 aromatic heterocycles. The third-order valence-electron chi connectivity index (χ3n) is 3.92. The molecule has 5 nitrogen and oxygen atoms in total. The fourth-order valence-electron chi connectivity index (χ4n) is 2.44. The molecule has 0 atom stereocenters. The maximum atomic E-state index is 11.7. The molecule has 5 heteroatoms. The van der Waals surface area contributed by atoms with Crippen molar-refractivity contribution in [1.82, 2.24) is 0 Å². The van der Waals surface area contributed by atoms with Crippen LogP contribution in [0, 0.1) is 10.1 Å². The quantitative estimate of drug-likeness (QED) is 0.110. The minimum atomic E-state index is -0.480. The third-order valence-corrected chi connectivity index (χ3v) is 3.92. The lowest BCUT2D eigenvalue weighted by atomic mass is 10.1. The Morgan fingerprint density at radius 1 is 1.00 bits per heavy atom. The van der Waals surface area contributed by atoms with Gasteiger partial charge in [-0.1, -0.05) is 51.2 Å². The first-order chi connectivity index (χ1) is 12.1. The van der Waals surface area contributed by atoms with Crippen molar-refractivity contribution in [1.29, 1.82) is 0 Å². The van der Waals surface area contributed by atoms with E-state index in [1.165, 1.54) is 56.4 Å². The number of nitro groups is 1. The average molecular weight is 347 g/mol. The summed E-state index contributed by atoms with van der Waals surface area (Å²) in [4.78, 5) is 21.8. The van der Waals surface area contributed by atoms with Crippen LogP contribution in [0.15, 0.2) is 36.4 Å². The zero-order valence-electron chi connectivity index (χ0n) is 15.1. The fraction of sp³-hybridized carbons (Fsp3) is 0.550. The maximum absolute atomic E-state index is 11.7. The van der Waals surface area contributed by atoms with Crippen molar-refractivity contribution in [3.63, 3.8) is 0 Å². The Hall–Kier alpha value is -2.17. The molecule has 0 unspecified atom stereocenters. The number of esters is 1. The standard InChI is InChI=1S/C20H29NO4/c1-2-3-4-5-6-7-8-9-10-11-12-13-20(22)25-19-16-14-18(15-17-19)21(23)24/h5-6,14-17H,2-4,7-13H2,1H3/b6-5-. The Kier molecular flexibility index (Phi) is 11.0. The zero-order valence-corrected chi connectivity index (χ0v) is 15.1. The number of carbonyl (C=O) groups is 1. The van der Waals surface area contributed by atoms with Crippen molar-refractivity contribution in [2.45, 2.75) is 71.1 Å². The summed E-state index contributed by atoms with van der Waals surface area (Å²) < 4.78 is 5.17. The van der Waals surface area contributed by atoms with Crippen molar-refractivity contribution in [2.75, 3.05) is 0 Å². The second kappa shape index (κ2) is 13.2. The van der Waals surface area contributed by atoms with E-state index in [4.69, 9.17) is 4.74 Å². The van der Waals surface area contributed by atoms with Gasteiger partial charge in [0.1, 0.15) is 5.75 Å². The lowest BCUT2D eigenvalue weighted by molar-refractivity contribution is -0.384. The Balaban J connectivity index is 2.03. The Bertz CT molecular complexity index is 537. The molecule has 0 aliphatic heterocycles. The second-order valence-electron chi connectivity index (χ2n) is 6.15. The first kappa shape index (κ1) is 20.9. The highest BCUT2D eigenvalue weighted by molar-refractivity contribution is 5.72. The lowest BCUT2D eigenvalue weighted by Gasteiger charge is -2.04. The van der Waals surface area contributed by atoms with Gasteiger partial charge >= 0.3 is 5.97 Å². The molecule has 0 aliphatic carbocycles. The van der Waals surface area contributed by atoms with Crippen molar-refractivity contribution in [2.24, 2.45) is 0 Å². The molecule has 0 heterocycles. The Morgan fingerprint density at radius 3 is 2.24 bits per heavy atom. The summed E-state index contributed by atoms with van der Waals surface area (Å²) in [5.41, 5.74) is -0.0139. The molecule has 0 spiro atoms. The molecule has 0 radical (unpaired) electrons. The summed E-state index contributed by atoms with van der Waals surface area (Å²) >= 11 is 0. The number of rotatable bonds is 13. The minimum Gasteiger partial charge on any atom is -0.427 e. The highest BCUT2D eigenvalue weighted by Gasteiger charge is 2.08. The highest BCUT2D eigenvalue weighted by Crippen LogP contribution is 2.18. The molecule has 25 heavy (non-hydrogen) atoms. The summed E-state index contributed by atoms with van der Waals surface area (Å²) in [6.45, 7) is 2.20. The molecule has 1 aromatic rings. The number of benzene rings is 1. The fourth-order valence-corrected chi connectivity index (χ4v) is 2.44. The summed E-state index contributed by atoms with van der Waals surface area (Å²) in [7, 11) is 0. The van der Waals surface area contributed by atoms with Gasteiger partial charge in [0, 0.05) is 18.6 Å². The Labute approximate surface area is 150 Å². The van der Waals surface area contributed by atoms with E-state index in [0.717, 1.165) is 25.7 Å². The SMILES string of the molecule is CCCC/C=C\CCCCCCCC(=O)Oc1ccc([N+](=O)[O-])cc1. The second-order valence-corrected chi connectivity index (χ2v) is 6.15. The maximum Gasteiger partial charge on any atom is 0.311 e. The van der Waals surface area contributed by atoms with Crippen LogP contribution in [0.1, 0.15) is 71.1 Å². The molecule has 0 N–H and O–H groups in total. The monoisotopic (exact) mass is 347 g/mol. The topological polar surface area (TPSA) is 69.4 Å². The highest BCUT2D eigenvalue weighted by atomic mass is 16.6. The number of nitrogens with zero attached hydrogens (tertiary/aromatic N) is 1. The van der Waals surface area contributed by atoms with E-state index in [-0.39, 0.29) is 11.7 Å². The van der Waals surface area contributed by atoms with Crippen molar-refractivity contribution in [3.05, 3.63) is 46.5 Å². The van der Waals surface area contributed by atoms with Gasteiger partial charge in [0.25, 0.3) is 5.69 Å². The van der Waals surface area contributed by atoms with Gasteiger partial charge in [0.2, 0.25) is 0 Å². The minimum absolute atomic E-state index is 0.0139. The summed E-state index contributed by atoms with van der Waals surface area (Å²) in [6, 6.07) is 5.56. The Morgan fingerprint density at radius 2 is 1.60 bits per heavy atom. The van der Waals surface area contributed by atoms with Crippen LogP contribution in [0.3, 0.4) is 0 Å². The van der Waals surface area contributed by atoms with Gasteiger partial charge in [-0.15, -0.1) is 0 Å². The summed E-state index contributed by atoms with van der Waals surface area (Å²) in [5.74, 6) is 0.0678. The van der Waals surface area contributed by atoms with Gasteiger partial charge in [-0.3, -0.25) is 14.9 Å². The van der Waals surface area contributed by atoms with Crippen LogP contribution in [0.4, 0.5) is 5.69 Å². The number of ether oxygens (including phenoxy) is 1. The summed E-state index contributed by atoms with van der Waals surface area (Å²) in [6.07, 6.45) is 15.2. The van der Waals surface area contributed by atoms with Gasteiger partial charge in [-0.05, 0) is 37.8 Å². The molecular weight excluding hydrogens is 318 g/mol. The van der Waals surface area contributed by atoms with Crippen LogP contribution in [0.2, 0.25) is 0 Å². The molecule has 0 fully saturated rings. The largest absolute Gasteiger partial charge is 0.427 e. The number of unbranched alkanes of at least 4 members (excludes halogenated alkanes) is 7. The predicted octanol–water partition coefficient (Wildman–Crippen LogP) is 5.98. The van der Waals surface area contributed by atoms with Gasteiger partial charge < -0.3 is 4.74 Å². The van der Waals surface area contributed by atoms with E-state index in [9.17, 15) is 14.9 Å². The van der Waals surface area contributed by atoms with Crippen LogP contribution in [-0.2, 0) is 4.79 Å². The van der Waals surface area contributed by atoms with Gasteiger partial charge in [0.05, 0.1) is 4.92 Å². The molecule has 0 bridgehead atoms. The third kappa shape index (κ3) is 10.3. The predicted molar refractivity (Wildman–Crippen MR) is 99.7 cm³/mol. The van der Waals surface area contributed by atoms with Crippen molar-refractivity contribution in [3.8, 4) is 5.75 Å². The first-order valence-electron chi connectivity index (χ1n) is 9.23. The number of nitro benzene ring substituents is 1. The van der Waals surface area contributed by atoms with Crippen LogP contribution < -0.4 is 4.74 Å². The van der Waals surface area contributed by atoms with E-state index in [1.807, 2.05) is 0 Å². The number of non-ortho nitro benzene ring substituents is 1. The van der Waals surface area contributed by atoms with Crippen molar-refractivity contribution < 1.29 is 14.5 Å². The molecule has 0 saturated heterocycles. The van der Waals surface area contributed by atoms with E-state index >= 15 is 0 Å². The van der Waals surface area contributed by atoms with Crippen LogP contribution in [0.5, 0.6) is 5.75 Å². The molecule has 0 aliphatic rings. The summed E-state index contributed by atoms with van der Waals surface area (Å²) in [5, 5.41) is 10.6. The molecular formula is C20H29NO4. The molecule has 1 aromatic carbocycles. The van der Waals surface area contributed by atoms with E-state index < -0.39 is 4.92 Å². The average Bonchev–Trinajstić information content (AvgIpc) is 2.60. The molecule has 0 saturated carbocycles. The van der Waals surface area contributed by atoms with Gasteiger partial charge in [-0.25, -0.2) is 0 Å². The first-order valence-corrected chi connectivity index (χ1v) is 9.23. The molecule has 0 amide bonds. The van der Waals surface area contributed by atoms with E-state index in [2.05, 4.69) is 19.1 Å². The number of carbonyl (C=O) groups excluding carboxylic acids is 1. The molecule has 138 valence electrons.